The van der Waals surface area contributed by atoms with Crippen LogP contribution in [0.2, 0.25) is 0 Å². The van der Waals surface area contributed by atoms with Crippen molar-refractivity contribution in [2.24, 2.45) is 15.7 Å². The van der Waals surface area contributed by atoms with Crippen LogP contribution in [0.15, 0.2) is 22.4 Å². The van der Waals surface area contributed by atoms with Crippen LogP contribution in [-0.4, -0.2) is 109 Å². The molecule has 0 radical (unpaired) electrons. The van der Waals surface area contributed by atoms with Crippen molar-refractivity contribution in [3.05, 3.63) is 12.5 Å². The number of hydrogen-bond acceptors (Lipinski definition) is 19. The van der Waals surface area contributed by atoms with E-state index in [1.165, 1.54) is 14.2 Å². The second-order valence-electron chi connectivity index (χ2n) is 7.37. The highest BCUT2D eigenvalue weighted by atomic mass is 31.2. The summed E-state index contributed by atoms with van der Waals surface area (Å²) >= 11 is 0. The van der Waals surface area contributed by atoms with Crippen molar-refractivity contribution in [2.75, 3.05) is 83.0 Å². The molecule has 1 aromatic rings. The van der Waals surface area contributed by atoms with E-state index in [1.807, 2.05) is 0 Å². The van der Waals surface area contributed by atoms with Crippen molar-refractivity contribution in [1.29, 1.82) is 0 Å². The maximum Gasteiger partial charge on any atom is 0.398 e. The molecular weight excluding hydrogens is 660 g/mol. The van der Waals surface area contributed by atoms with Crippen molar-refractivity contribution in [1.82, 2.24) is 15.0 Å². The molecule has 0 saturated heterocycles. The molecule has 0 aromatic carbocycles. The maximum atomic E-state index is 13.0. The van der Waals surface area contributed by atoms with Crippen LogP contribution < -0.4 is 21.6 Å². The van der Waals surface area contributed by atoms with Crippen LogP contribution in [0, 0.1) is 0 Å². The van der Waals surface area contributed by atoms with E-state index in [2.05, 4.69) is 31.5 Å². The predicted octanol–water partition coefficient (Wildman–Crippen LogP) is 1.69. The number of nitrogens with zero attached hydrogens (tertiary/aromatic N) is 5. The van der Waals surface area contributed by atoms with E-state index in [0.29, 0.717) is 0 Å². The second-order valence-corrected chi connectivity index (χ2v) is 16.3. The van der Waals surface area contributed by atoms with Crippen molar-refractivity contribution >= 4 is 52.3 Å². The molecule has 1 atom stereocenters. The van der Waals surface area contributed by atoms with Gasteiger partial charge in [0.05, 0.1) is 6.54 Å². The van der Waals surface area contributed by atoms with Gasteiger partial charge >= 0.3 is 28.8 Å². The van der Waals surface area contributed by atoms with Gasteiger partial charge in [0.2, 0.25) is 17.0 Å². The number of nitrogens with two attached hydrogens (primary N) is 1. The lowest BCUT2D eigenvalue weighted by atomic mass is 10.7. The number of hydrogen-bond donors (Lipinski definition) is 1. The van der Waals surface area contributed by atoms with Crippen molar-refractivity contribution in [3.63, 3.8) is 0 Å². The number of methoxy groups -OCH3 is 1. The van der Waals surface area contributed by atoms with E-state index in [9.17, 15) is 18.3 Å². The summed E-state index contributed by atoms with van der Waals surface area (Å²) < 4.78 is 102. The fourth-order valence-electron chi connectivity index (χ4n) is 2.70. The molecule has 0 aliphatic carbocycles. The van der Waals surface area contributed by atoms with Crippen molar-refractivity contribution < 1.29 is 64.1 Å². The van der Waals surface area contributed by atoms with Crippen LogP contribution >= 0.6 is 30.2 Å². The molecule has 1 aromatic heterocycles. The molecule has 24 heteroatoms. The van der Waals surface area contributed by atoms with E-state index in [1.54, 1.807) is 0 Å². The molecule has 0 aliphatic rings. The average molecular weight is 696 g/mol. The largest absolute Gasteiger partial charge is 0.474 e. The minimum atomic E-state index is -4.04. The molecule has 2 N–H and O–H groups in total. The molecule has 0 fully saturated rings. The molecule has 1 heterocycles. The number of rotatable bonds is 21. The Hall–Kier alpha value is -1.91. The summed E-state index contributed by atoms with van der Waals surface area (Å²) in [5.74, 6) is -0.280. The van der Waals surface area contributed by atoms with Gasteiger partial charge in [0.1, 0.15) is 19.6 Å². The van der Waals surface area contributed by atoms with Gasteiger partial charge in [-0.05, 0) is 6.58 Å². The first-order valence-electron chi connectivity index (χ1n) is 11.6. The second kappa shape index (κ2) is 17.5. The Labute approximate surface area is 248 Å². The predicted molar refractivity (Wildman–Crippen MR) is 155 cm³/mol. The van der Waals surface area contributed by atoms with Gasteiger partial charge < -0.3 is 51.6 Å². The van der Waals surface area contributed by atoms with E-state index in [0.717, 1.165) is 42.7 Å². The van der Waals surface area contributed by atoms with E-state index in [4.69, 9.17) is 51.6 Å². The molecule has 43 heavy (non-hydrogen) atoms. The summed E-state index contributed by atoms with van der Waals surface area (Å²) in [6.45, 7) is 2.62. The van der Waals surface area contributed by atoms with Gasteiger partial charge in [-0.3, -0.25) is 23.3 Å². The highest BCUT2D eigenvalue weighted by Crippen LogP contribution is 2.50. The van der Waals surface area contributed by atoms with Crippen molar-refractivity contribution in [2.45, 2.75) is 0 Å². The summed E-state index contributed by atoms with van der Waals surface area (Å²) in [5, 5.41) is 0. The topological polar surface area (TPSA) is 250 Å². The first-order chi connectivity index (χ1) is 20.2. The Morgan fingerprint density at radius 3 is 1.70 bits per heavy atom. The van der Waals surface area contributed by atoms with Crippen molar-refractivity contribution in [3.8, 4) is 6.01 Å². The van der Waals surface area contributed by atoms with E-state index in [-0.39, 0.29) is 30.9 Å². The van der Waals surface area contributed by atoms with Crippen LogP contribution in [0.1, 0.15) is 0 Å². The molecule has 0 spiro atoms. The fraction of sp³-hybridized carbons (Fsp3) is 0.632. The summed E-state index contributed by atoms with van der Waals surface area (Å²) in [6, 6.07) is -0.450. The quantitative estimate of drug-likeness (QED) is 0.0631. The molecule has 246 valence electrons. The average Bonchev–Trinajstić information content (AvgIpc) is 3.03. The van der Waals surface area contributed by atoms with Gasteiger partial charge in [-0.25, -0.2) is 4.99 Å². The number of ether oxygens (including phenoxy) is 3. The zero-order valence-corrected chi connectivity index (χ0v) is 28.4. The van der Waals surface area contributed by atoms with Gasteiger partial charge in [-0.2, -0.15) is 15.0 Å². The molecule has 0 bridgehead atoms. The van der Waals surface area contributed by atoms with Crippen LogP contribution in [0.5, 0.6) is 6.01 Å². The maximum absolute atomic E-state index is 13.0. The van der Waals surface area contributed by atoms with E-state index < -0.39 is 59.4 Å². The smallest absolute Gasteiger partial charge is 0.398 e. The lowest BCUT2D eigenvalue weighted by Crippen LogP contribution is -2.29. The Bertz CT molecular complexity index is 1290. The normalized spacial score (nSPS) is 14.8. The van der Waals surface area contributed by atoms with Crippen LogP contribution in [0.3, 0.4) is 0 Å². The third-order valence-electron chi connectivity index (χ3n) is 5.00. The monoisotopic (exact) mass is 696 g/mol. The zero-order valence-electron chi connectivity index (χ0n) is 24.9. The highest BCUT2D eigenvalue weighted by Gasteiger charge is 2.36. The molecule has 0 amide bonds. The van der Waals surface area contributed by atoms with Crippen LogP contribution in [-0.2, 0) is 59.4 Å². The summed E-state index contributed by atoms with van der Waals surface area (Å²) in [4.78, 5) is 19.6. The third kappa shape index (κ3) is 10.3. The van der Waals surface area contributed by atoms with Crippen LogP contribution in [0.4, 0.5) is 0 Å². The molecule has 1 rings (SSSR count). The van der Waals surface area contributed by atoms with Crippen LogP contribution in [0.25, 0.3) is 0 Å². The lowest BCUT2D eigenvalue weighted by molar-refractivity contribution is 0.150. The SMILES string of the molecule is C=C(/N=C(\C/N=C(\N)P(=O)(COC)OC)P(=O)(OC)OC)OCCOc1nc(P(=O)(OC)OC)nc(P(=O)(OC)OC)n1. The highest BCUT2D eigenvalue weighted by molar-refractivity contribution is 7.76. The Morgan fingerprint density at radius 2 is 1.28 bits per heavy atom. The Morgan fingerprint density at radius 1 is 0.767 bits per heavy atom. The molecular formula is C19H36N6O14P4. The lowest BCUT2D eigenvalue weighted by Gasteiger charge is -2.17. The van der Waals surface area contributed by atoms with E-state index >= 15 is 0 Å². The summed E-state index contributed by atoms with van der Waals surface area (Å²) in [7, 11) is -6.61. The number of aliphatic imine (C=N–C) groups is 2. The Balaban J connectivity index is 3.18. The van der Waals surface area contributed by atoms with Gasteiger partial charge in [0, 0.05) is 56.9 Å². The van der Waals surface area contributed by atoms with Gasteiger partial charge in [0.15, 0.2) is 11.0 Å². The summed E-state index contributed by atoms with van der Waals surface area (Å²) in [5.41, 5.74) is 4.08. The molecule has 1 unspecified atom stereocenters. The van der Waals surface area contributed by atoms with Gasteiger partial charge in [0.25, 0.3) is 7.37 Å². The molecule has 0 saturated carbocycles. The number of aromatic nitrogens is 3. The first kappa shape index (κ1) is 39.1. The van der Waals surface area contributed by atoms with Gasteiger partial charge in [-0.15, -0.1) is 0 Å². The third-order valence-corrected chi connectivity index (χ3v) is 12.2. The summed E-state index contributed by atoms with van der Waals surface area (Å²) in [6.07, 6.45) is -0.347. The van der Waals surface area contributed by atoms with Gasteiger partial charge in [-0.1, -0.05) is 0 Å². The number of amidine groups is 1. The minimum absolute atomic E-state index is 0.243. The molecule has 20 nitrogen and oxygen atoms in total. The zero-order chi connectivity index (χ0) is 32.9. The molecule has 0 aliphatic heterocycles. The Kier molecular flexibility index (Phi) is 16.0. The minimum Gasteiger partial charge on any atom is -0.474 e. The fourth-order valence-corrected chi connectivity index (χ4v) is 6.68. The first-order valence-corrected chi connectivity index (χ1v) is 18.0. The standard InChI is InChI=1S/C19H36N6O14P4/c1-14(22-15(41(27,32-4)33-5)12-21-16(20)40(26,31-3)13-30-2)38-10-11-39-17-23-18(42(28,34-6)35-7)25-19(24-17)43(29,36-8)37-9/h1,10-13H2,2-9H3,(H2,20,21)/b22-15+.